The zero-order chi connectivity index (χ0) is 16.8. The topological polar surface area (TPSA) is 79.5 Å². The van der Waals surface area contributed by atoms with Gasteiger partial charge in [0.25, 0.3) is 5.92 Å². The molecule has 122 valence electrons. The highest BCUT2D eigenvalue weighted by molar-refractivity contribution is 6.37. The summed E-state index contributed by atoms with van der Waals surface area (Å²) < 4.78 is 27.3. The van der Waals surface area contributed by atoms with Gasteiger partial charge in [0, 0.05) is 36.3 Å². The number of aromatic hydroxyl groups is 1. The minimum Gasteiger partial charge on any atom is -0.501 e. The van der Waals surface area contributed by atoms with Crippen molar-refractivity contribution in [3.63, 3.8) is 0 Å². The van der Waals surface area contributed by atoms with Crippen molar-refractivity contribution in [3.05, 3.63) is 33.5 Å². The molecule has 1 aliphatic rings. The molecule has 0 radical (unpaired) electrons. The summed E-state index contributed by atoms with van der Waals surface area (Å²) in [6.07, 6.45) is 1.44. The van der Waals surface area contributed by atoms with Crippen molar-refractivity contribution in [1.29, 1.82) is 0 Å². The van der Waals surface area contributed by atoms with Gasteiger partial charge in [-0.05, 0) is 12.5 Å². The third-order valence-electron chi connectivity index (χ3n) is 3.83. The van der Waals surface area contributed by atoms with Gasteiger partial charge in [0.05, 0.1) is 16.5 Å². The number of hydrogen-bond donors (Lipinski definition) is 1. The largest absolute Gasteiger partial charge is 0.501 e. The Labute approximate surface area is 134 Å². The predicted octanol–water partition coefficient (Wildman–Crippen LogP) is 3.74. The quantitative estimate of drug-likeness (QED) is 0.663. The monoisotopic (exact) mass is 343 g/mol. The molecule has 1 N–H and O–H groups in total. The van der Waals surface area contributed by atoms with Crippen LogP contribution in [0.25, 0.3) is 10.9 Å². The molecule has 2 aromatic rings. The first-order valence-electron chi connectivity index (χ1n) is 6.87. The van der Waals surface area contributed by atoms with E-state index in [4.69, 9.17) is 11.6 Å². The number of pyridine rings is 1. The summed E-state index contributed by atoms with van der Waals surface area (Å²) >= 11 is 6.10. The van der Waals surface area contributed by atoms with Crippen molar-refractivity contribution >= 4 is 33.9 Å². The van der Waals surface area contributed by atoms with Crippen molar-refractivity contribution in [2.45, 2.75) is 18.8 Å². The van der Waals surface area contributed by atoms with E-state index in [1.807, 2.05) is 0 Å². The van der Waals surface area contributed by atoms with E-state index in [0.717, 1.165) is 6.07 Å². The van der Waals surface area contributed by atoms with Crippen molar-refractivity contribution in [1.82, 2.24) is 4.98 Å². The molecule has 1 fully saturated rings. The highest BCUT2D eigenvalue weighted by Gasteiger charge is 2.36. The van der Waals surface area contributed by atoms with E-state index in [1.54, 1.807) is 0 Å². The van der Waals surface area contributed by atoms with Crippen LogP contribution in [0, 0.1) is 10.1 Å². The highest BCUT2D eigenvalue weighted by atomic mass is 35.5. The van der Waals surface area contributed by atoms with Crippen LogP contribution in [0.2, 0.25) is 5.02 Å². The molecule has 1 aromatic heterocycles. The first-order chi connectivity index (χ1) is 10.8. The van der Waals surface area contributed by atoms with Gasteiger partial charge in [-0.25, -0.2) is 8.78 Å². The van der Waals surface area contributed by atoms with E-state index in [1.165, 1.54) is 17.2 Å². The molecule has 23 heavy (non-hydrogen) atoms. The summed E-state index contributed by atoms with van der Waals surface area (Å²) in [6, 6.07) is 2.52. The number of benzene rings is 1. The third-order valence-corrected chi connectivity index (χ3v) is 4.13. The highest BCUT2D eigenvalue weighted by Crippen LogP contribution is 2.43. The minimum absolute atomic E-state index is 0.0125. The van der Waals surface area contributed by atoms with E-state index in [2.05, 4.69) is 4.98 Å². The lowest BCUT2D eigenvalue weighted by atomic mass is 10.0. The second kappa shape index (κ2) is 5.45. The molecule has 9 heteroatoms. The number of rotatable bonds is 2. The van der Waals surface area contributed by atoms with Crippen LogP contribution >= 0.6 is 11.6 Å². The Kier molecular flexibility index (Phi) is 3.71. The summed E-state index contributed by atoms with van der Waals surface area (Å²) in [5.74, 6) is -3.44. The minimum atomic E-state index is -2.82. The van der Waals surface area contributed by atoms with E-state index < -0.39 is 28.8 Å². The van der Waals surface area contributed by atoms with Crippen LogP contribution < -0.4 is 4.90 Å². The van der Waals surface area contributed by atoms with Crippen molar-refractivity contribution in [2.75, 3.05) is 18.0 Å². The summed E-state index contributed by atoms with van der Waals surface area (Å²) in [7, 11) is 0. The van der Waals surface area contributed by atoms with Gasteiger partial charge in [0.2, 0.25) is 5.75 Å². The Morgan fingerprint density at radius 2 is 2.22 bits per heavy atom. The fourth-order valence-corrected chi connectivity index (χ4v) is 3.11. The number of nitrogens with zero attached hydrogens (tertiary/aromatic N) is 3. The molecule has 0 atom stereocenters. The molecule has 1 aromatic carbocycles. The zero-order valence-electron chi connectivity index (χ0n) is 11.8. The smallest absolute Gasteiger partial charge is 0.314 e. The summed E-state index contributed by atoms with van der Waals surface area (Å²) in [6.45, 7) is -0.0665. The van der Waals surface area contributed by atoms with Gasteiger partial charge in [0.15, 0.2) is 0 Å². The molecule has 0 unspecified atom stereocenters. The maximum atomic E-state index is 13.7. The number of nitro groups is 1. The maximum absolute atomic E-state index is 13.7. The van der Waals surface area contributed by atoms with Gasteiger partial charge in [-0.3, -0.25) is 15.1 Å². The molecule has 0 saturated carbocycles. The Morgan fingerprint density at radius 1 is 1.48 bits per heavy atom. The number of alkyl halides is 2. The lowest BCUT2D eigenvalue weighted by Gasteiger charge is -2.34. The number of phenols is 1. The molecule has 1 saturated heterocycles. The third kappa shape index (κ3) is 2.74. The van der Waals surface area contributed by atoms with Gasteiger partial charge in [-0.2, -0.15) is 0 Å². The predicted molar refractivity (Wildman–Crippen MR) is 81.5 cm³/mol. The Hall–Kier alpha value is -2.22. The summed E-state index contributed by atoms with van der Waals surface area (Å²) in [5.41, 5.74) is -0.267. The van der Waals surface area contributed by atoms with E-state index in [9.17, 15) is 24.0 Å². The van der Waals surface area contributed by atoms with Crippen LogP contribution in [-0.4, -0.2) is 34.0 Å². The number of nitro benzene ring substituents is 1. The standard InChI is InChI=1S/C14H12ClF2N3O3/c15-8-6-10(20(22)23)13(21)12-11(8)9(2-4-18-12)19-5-1-3-14(16,17)7-19/h2,4,6,21H,1,3,5,7H2. The molecular weight excluding hydrogens is 332 g/mol. The number of anilines is 1. The summed E-state index contributed by atoms with van der Waals surface area (Å²) in [4.78, 5) is 15.6. The molecule has 6 nitrogen and oxygen atoms in total. The molecule has 1 aliphatic heterocycles. The maximum Gasteiger partial charge on any atom is 0.314 e. The van der Waals surface area contributed by atoms with Crippen LogP contribution in [-0.2, 0) is 0 Å². The first-order valence-corrected chi connectivity index (χ1v) is 7.25. The molecule has 0 spiro atoms. The number of fused-ring (bicyclic) bond motifs is 1. The molecule has 2 heterocycles. The van der Waals surface area contributed by atoms with Gasteiger partial charge in [-0.15, -0.1) is 0 Å². The average molecular weight is 344 g/mol. The van der Waals surface area contributed by atoms with Crippen LogP contribution in [0.1, 0.15) is 12.8 Å². The van der Waals surface area contributed by atoms with E-state index >= 15 is 0 Å². The average Bonchev–Trinajstić information content (AvgIpc) is 2.49. The van der Waals surface area contributed by atoms with E-state index in [0.29, 0.717) is 18.7 Å². The van der Waals surface area contributed by atoms with E-state index in [-0.39, 0.29) is 22.3 Å². The fraction of sp³-hybridized carbons (Fsp3) is 0.357. The Bertz CT molecular complexity index is 800. The molecule has 3 rings (SSSR count). The molecule has 0 bridgehead atoms. The normalized spacial score (nSPS) is 17.4. The van der Waals surface area contributed by atoms with Crippen molar-refractivity contribution in [2.24, 2.45) is 0 Å². The second-order valence-corrected chi connectivity index (χ2v) is 5.83. The zero-order valence-corrected chi connectivity index (χ0v) is 12.6. The SMILES string of the molecule is O=[N+]([O-])c1cc(Cl)c2c(N3CCCC(F)(F)C3)ccnc2c1O. The van der Waals surface area contributed by atoms with Crippen LogP contribution in [0.3, 0.4) is 0 Å². The number of hydrogen-bond acceptors (Lipinski definition) is 5. The number of halogens is 3. The second-order valence-electron chi connectivity index (χ2n) is 5.42. The van der Waals surface area contributed by atoms with Gasteiger partial charge in [-0.1, -0.05) is 11.6 Å². The number of phenolic OH excluding ortho intramolecular Hbond substituents is 1. The molecule has 0 amide bonds. The summed E-state index contributed by atoms with van der Waals surface area (Å²) in [5, 5.41) is 21.2. The number of aromatic nitrogens is 1. The first kappa shape index (κ1) is 15.7. The van der Waals surface area contributed by atoms with Gasteiger partial charge < -0.3 is 10.0 Å². The number of piperidine rings is 1. The lowest BCUT2D eigenvalue weighted by molar-refractivity contribution is -0.385. The Balaban J connectivity index is 2.19. The van der Waals surface area contributed by atoms with Gasteiger partial charge >= 0.3 is 5.69 Å². The fourth-order valence-electron chi connectivity index (χ4n) is 2.82. The van der Waals surface area contributed by atoms with Gasteiger partial charge in [0.1, 0.15) is 5.52 Å². The lowest BCUT2D eigenvalue weighted by Crippen LogP contribution is -2.42. The molecule has 0 aliphatic carbocycles. The Morgan fingerprint density at radius 3 is 2.87 bits per heavy atom. The van der Waals surface area contributed by atoms with Crippen molar-refractivity contribution in [3.8, 4) is 5.75 Å². The van der Waals surface area contributed by atoms with Crippen LogP contribution in [0.15, 0.2) is 18.3 Å². The molecular formula is C14H12ClF2N3O3. The van der Waals surface area contributed by atoms with Crippen LogP contribution in [0.5, 0.6) is 5.75 Å². The van der Waals surface area contributed by atoms with Crippen molar-refractivity contribution < 1.29 is 18.8 Å². The van der Waals surface area contributed by atoms with Crippen LogP contribution in [0.4, 0.5) is 20.2 Å².